The Morgan fingerprint density at radius 3 is 2.26 bits per heavy atom. The van der Waals surface area contributed by atoms with Gasteiger partial charge < -0.3 is 10.1 Å². The lowest BCUT2D eigenvalue weighted by Crippen LogP contribution is -2.40. The van der Waals surface area contributed by atoms with Crippen molar-refractivity contribution < 1.29 is 9.53 Å². The molecule has 0 heterocycles. The standard InChI is InChI=1S/C28H27NO2/c1-3-26(31-24-18-17-21-12-8-9-15-23(21)19-24)28(30)29-27(22-13-5-4-6-14-22)25-16-10-7-11-20(25)2/h4-19,26-27H,3H2,1-2H3,(H,29,30)/t26-,27-/m1/s1. The van der Waals surface area contributed by atoms with Crippen LogP contribution in [0.2, 0.25) is 0 Å². The number of hydrogen-bond acceptors (Lipinski definition) is 2. The van der Waals surface area contributed by atoms with Gasteiger partial charge >= 0.3 is 0 Å². The molecule has 156 valence electrons. The highest BCUT2D eigenvalue weighted by Gasteiger charge is 2.24. The molecule has 31 heavy (non-hydrogen) atoms. The number of carbonyl (C=O) groups excluding carboxylic acids is 1. The zero-order valence-electron chi connectivity index (χ0n) is 17.9. The predicted molar refractivity (Wildman–Crippen MR) is 126 cm³/mol. The molecule has 3 nitrogen and oxygen atoms in total. The first kappa shape index (κ1) is 20.7. The molecule has 1 N–H and O–H groups in total. The fourth-order valence-corrected chi connectivity index (χ4v) is 3.86. The quantitative estimate of drug-likeness (QED) is 0.394. The lowest BCUT2D eigenvalue weighted by atomic mass is 9.94. The Labute approximate surface area is 183 Å². The number of rotatable bonds is 7. The molecule has 0 bridgehead atoms. The molecule has 1 amide bonds. The SMILES string of the molecule is CC[C@@H](Oc1ccc2ccccc2c1)C(=O)N[C@H](c1ccccc1)c1ccccc1C. The molecule has 2 atom stereocenters. The number of hydrogen-bond donors (Lipinski definition) is 1. The molecule has 0 spiro atoms. The van der Waals surface area contributed by atoms with Crippen molar-refractivity contribution >= 4 is 16.7 Å². The third-order valence-corrected chi connectivity index (χ3v) is 5.58. The Balaban J connectivity index is 1.58. The van der Waals surface area contributed by atoms with Crippen LogP contribution in [0.15, 0.2) is 97.1 Å². The summed E-state index contributed by atoms with van der Waals surface area (Å²) in [5.41, 5.74) is 3.27. The van der Waals surface area contributed by atoms with Crippen LogP contribution in [0.25, 0.3) is 10.8 Å². The van der Waals surface area contributed by atoms with Crippen LogP contribution < -0.4 is 10.1 Å². The Morgan fingerprint density at radius 2 is 1.52 bits per heavy atom. The minimum Gasteiger partial charge on any atom is -0.481 e. The molecule has 0 aliphatic rings. The summed E-state index contributed by atoms with van der Waals surface area (Å²) in [4.78, 5) is 13.3. The van der Waals surface area contributed by atoms with Crippen LogP contribution in [0.5, 0.6) is 5.75 Å². The third kappa shape index (κ3) is 4.77. The number of aryl methyl sites for hydroxylation is 1. The van der Waals surface area contributed by atoms with E-state index in [1.807, 2.05) is 85.8 Å². The summed E-state index contributed by atoms with van der Waals surface area (Å²) in [6, 6.07) is 32.1. The van der Waals surface area contributed by atoms with E-state index in [1.54, 1.807) is 0 Å². The molecular formula is C28H27NO2. The van der Waals surface area contributed by atoms with E-state index in [4.69, 9.17) is 4.74 Å². The average Bonchev–Trinajstić information content (AvgIpc) is 2.82. The second kappa shape index (κ2) is 9.48. The van der Waals surface area contributed by atoms with Crippen LogP contribution in [-0.2, 0) is 4.79 Å². The lowest BCUT2D eigenvalue weighted by molar-refractivity contribution is -0.128. The van der Waals surface area contributed by atoms with Gasteiger partial charge in [-0.15, -0.1) is 0 Å². The van der Waals surface area contributed by atoms with E-state index in [-0.39, 0.29) is 11.9 Å². The van der Waals surface area contributed by atoms with Crippen molar-refractivity contribution in [1.82, 2.24) is 5.32 Å². The molecule has 4 rings (SSSR count). The van der Waals surface area contributed by atoms with Gasteiger partial charge in [-0.2, -0.15) is 0 Å². The number of benzene rings is 4. The van der Waals surface area contributed by atoms with E-state index in [1.165, 1.54) is 0 Å². The van der Waals surface area contributed by atoms with E-state index >= 15 is 0 Å². The molecular weight excluding hydrogens is 382 g/mol. The molecule has 0 unspecified atom stereocenters. The van der Waals surface area contributed by atoms with Gasteiger partial charge in [-0.1, -0.05) is 91.9 Å². The first-order chi connectivity index (χ1) is 15.2. The minimum absolute atomic E-state index is 0.118. The van der Waals surface area contributed by atoms with E-state index in [2.05, 4.69) is 30.4 Å². The van der Waals surface area contributed by atoms with Crippen molar-refractivity contribution in [3.8, 4) is 5.75 Å². The molecule has 0 radical (unpaired) electrons. The van der Waals surface area contributed by atoms with Gasteiger partial charge in [0, 0.05) is 0 Å². The van der Waals surface area contributed by atoms with Crippen LogP contribution in [0.3, 0.4) is 0 Å². The maximum atomic E-state index is 13.3. The summed E-state index contributed by atoms with van der Waals surface area (Å²) in [7, 11) is 0. The summed E-state index contributed by atoms with van der Waals surface area (Å²) in [6.07, 6.45) is 0.00454. The Bertz CT molecular complexity index is 1170. The van der Waals surface area contributed by atoms with Gasteiger partial charge in [-0.05, 0) is 52.9 Å². The van der Waals surface area contributed by atoms with Crippen molar-refractivity contribution in [2.75, 3.05) is 0 Å². The van der Waals surface area contributed by atoms with Gasteiger partial charge in [-0.3, -0.25) is 4.79 Å². The highest BCUT2D eigenvalue weighted by molar-refractivity contribution is 5.85. The number of ether oxygens (including phenoxy) is 1. The molecule has 0 aromatic heterocycles. The molecule has 0 saturated carbocycles. The summed E-state index contributed by atoms with van der Waals surface area (Å²) < 4.78 is 6.12. The number of carbonyl (C=O) groups is 1. The zero-order chi connectivity index (χ0) is 21.6. The van der Waals surface area contributed by atoms with E-state index in [0.29, 0.717) is 12.2 Å². The van der Waals surface area contributed by atoms with Crippen LogP contribution in [-0.4, -0.2) is 12.0 Å². The smallest absolute Gasteiger partial charge is 0.261 e. The van der Waals surface area contributed by atoms with E-state index in [0.717, 1.165) is 27.5 Å². The molecule has 0 aliphatic heterocycles. The largest absolute Gasteiger partial charge is 0.481 e. The minimum atomic E-state index is -0.573. The molecule has 3 heteroatoms. The summed E-state index contributed by atoms with van der Waals surface area (Å²) in [5.74, 6) is 0.584. The second-order valence-electron chi connectivity index (χ2n) is 7.73. The van der Waals surface area contributed by atoms with Crippen LogP contribution in [0, 0.1) is 6.92 Å². The van der Waals surface area contributed by atoms with Gasteiger partial charge in [0.25, 0.3) is 5.91 Å². The zero-order valence-corrected chi connectivity index (χ0v) is 17.9. The number of fused-ring (bicyclic) bond motifs is 1. The van der Waals surface area contributed by atoms with Crippen molar-refractivity contribution in [1.29, 1.82) is 0 Å². The van der Waals surface area contributed by atoms with Gasteiger partial charge in [-0.25, -0.2) is 0 Å². The predicted octanol–water partition coefficient (Wildman–Crippen LogP) is 6.21. The molecule has 4 aromatic rings. The Kier molecular flexibility index (Phi) is 6.32. The average molecular weight is 410 g/mol. The van der Waals surface area contributed by atoms with Crippen LogP contribution in [0.4, 0.5) is 0 Å². The third-order valence-electron chi connectivity index (χ3n) is 5.58. The van der Waals surface area contributed by atoms with Crippen LogP contribution >= 0.6 is 0 Å². The Hall–Kier alpha value is -3.59. The van der Waals surface area contributed by atoms with E-state index < -0.39 is 6.10 Å². The van der Waals surface area contributed by atoms with Gasteiger partial charge in [0.2, 0.25) is 0 Å². The van der Waals surface area contributed by atoms with Crippen molar-refractivity contribution in [2.45, 2.75) is 32.4 Å². The first-order valence-corrected chi connectivity index (χ1v) is 10.7. The highest BCUT2D eigenvalue weighted by Crippen LogP contribution is 2.26. The number of nitrogens with one attached hydrogen (secondary N) is 1. The van der Waals surface area contributed by atoms with Gasteiger partial charge in [0.1, 0.15) is 5.75 Å². The number of amides is 1. The summed E-state index contributed by atoms with van der Waals surface area (Å²) in [6.45, 7) is 4.04. The topological polar surface area (TPSA) is 38.3 Å². The molecule has 0 fully saturated rings. The van der Waals surface area contributed by atoms with Crippen molar-refractivity contribution in [3.63, 3.8) is 0 Å². The maximum Gasteiger partial charge on any atom is 0.261 e. The summed E-state index contributed by atoms with van der Waals surface area (Å²) >= 11 is 0. The van der Waals surface area contributed by atoms with Gasteiger partial charge in [0.05, 0.1) is 6.04 Å². The summed E-state index contributed by atoms with van der Waals surface area (Å²) in [5, 5.41) is 5.48. The van der Waals surface area contributed by atoms with Crippen molar-refractivity contribution in [2.24, 2.45) is 0 Å². The van der Waals surface area contributed by atoms with Gasteiger partial charge in [0.15, 0.2) is 6.10 Å². The Morgan fingerprint density at radius 1 is 0.839 bits per heavy atom. The maximum absolute atomic E-state index is 13.3. The highest BCUT2D eigenvalue weighted by atomic mass is 16.5. The molecule has 0 saturated heterocycles. The van der Waals surface area contributed by atoms with Crippen molar-refractivity contribution in [3.05, 3.63) is 114 Å². The molecule has 0 aliphatic carbocycles. The second-order valence-corrected chi connectivity index (χ2v) is 7.73. The monoisotopic (exact) mass is 409 g/mol. The fraction of sp³-hybridized carbons (Fsp3) is 0.179. The van der Waals surface area contributed by atoms with E-state index in [9.17, 15) is 4.79 Å². The normalized spacial score (nSPS) is 12.8. The fourth-order valence-electron chi connectivity index (χ4n) is 3.86. The first-order valence-electron chi connectivity index (χ1n) is 10.7. The lowest BCUT2D eigenvalue weighted by Gasteiger charge is -2.25. The molecule has 4 aromatic carbocycles. The van der Waals surface area contributed by atoms with Crippen LogP contribution in [0.1, 0.15) is 36.1 Å².